The average molecular weight is 2110 g/mol. The van der Waals surface area contributed by atoms with Crippen LogP contribution in [0.5, 0.6) is 0 Å². The topological polar surface area (TPSA) is 3.24 Å². The first-order valence-corrected chi connectivity index (χ1v) is 62.4. The van der Waals surface area contributed by atoms with E-state index in [9.17, 15) is 0 Å². The highest BCUT2D eigenvalue weighted by atomic mass is 15.3. The van der Waals surface area contributed by atoms with Crippen molar-refractivity contribution in [2.45, 2.75) is 757 Å². The van der Waals surface area contributed by atoms with E-state index in [4.69, 9.17) is 0 Å². The quantitative estimate of drug-likeness (QED) is 0.148. The van der Waals surface area contributed by atoms with Crippen LogP contribution in [0.15, 0.2) is 0 Å². The van der Waals surface area contributed by atoms with Crippen molar-refractivity contribution in [3.63, 3.8) is 0 Å². The number of nitrogens with zero attached hydrogens (tertiary/aromatic N) is 1. The molecule has 0 radical (unpaired) electrons. The van der Waals surface area contributed by atoms with E-state index in [0.29, 0.717) is 130 Å². The number of hydrogen-bond acceptors (Lipinski definition) is 1. The summed E-state index contributed by atoms with van der Waals surface area (Å²) in [4.78, 5) is 2.56. The van der Waals surface area contributed by atoms with Gasteiger partial charge >= 0.3 is 0 Å². The van der Waals surface area contributed by atoms with E-state index in [1.54, 1.807) is 0 Å². The second-order valence-electron chi connectivity index (χ2n) is 83.6. The van der Waals surface area contributed by atoms with Crippen LogP contribution in [0.2, 0.25) is 0 Å². The molecule has 0 aromatic heterocycles. The third-order valence-electron chi connectivity index (χ3n) is 31.4. The molecule has 0 saturated carbocycles. The van der Waals surface area contributed by atoms with Gasteiger partial charge in [0, 0.05) is 16.6 Å². The Morgan fingerprint density at radius 2 is 0.275 bits per heavy atom. The van der Waals surface area contributed by atoms with Gasteiger partial charge in [0.2, 0.25) is 0 Å². The summed E-state index contributed by atoms with van der Waals surface area (Å²) in [6.45, 7) is 220. The fourth-order valence-corrected chi connectivity index (χ4v) is 32.0. The molecule has 1 heteroatoms. The molecule has 0 fully saturated rings. The Hall–Kier alpha value is -0.0400. The van der Waals surface area contributed by atoms with Crippen molar-refractivity contribution in [1.29, 1.82) is 0 Å². The molecule has 0 rings (SSSR count). The van der Waals surface area contributed by atoms with Gasteiger partial charge in [-0.1, -0.05) is 601 Å². The molecule has 1 nitrogen and oxygen atoms in total. The van der Waals surface area contributed by atoms with Crippen LogP contribution in [0.4, 0.5) is 0 Å². The van der Waals surface area contributed by atoms with Gasteiger partial charge < -0.3 is 0 Å². The van der Waals surface area contributed by atoms with Crippen LogP contribution in [-0.2, 0) is 0 Å². The fourth-order valence-electron chi connectivity index (χ4n) is 32.0. The average Bonchev–Trinajstić information content (AvgIpc) is 0.698. The minimum absolute atomic E-state index is 0.219. The first-order chi connectivity index (χ1) is 62.6. The summed E-state index contributed by atoms with van der Waals surface area (Å²) in [6.07, 6.45) is 20.2. The highest BCUT2D eigenvalue weighted by molar-refractivity contribution is 5.11. The highest BCUT2D eigenvalue weighted by Gasteiger charge is 2.63. The van der Waals surface area contributed by atoms with Crippen molar-refractivity contribution in [2.24, 2.45) is 204 Å². The second-order valence-corrected chi connectivity index (χ2v) is 83.6. The van der Waals surface area contributed by atoms with Crippen molar-refractivity contribution in [1.82, 2.24) is 4.90 Å². The molecular formula is C148H317N. The summed E-state index contributed by atoms with van der Waals surface area (Å²) >= 11 is 0. The van der Waals surface area contributed by atoms with Gasteiger partial charge in [0.15, 0.2) is 0 Å². The van der Waals surface area contributed by atoms with Crippen molar-refractivity contribution < 1.29 is 0 Å². The summed E-state index contributed by atoms with van der Waals surface area (Å²) in [5.41, 5.74) is 12.3. The maximum absolute atomic E-state index is 2.56. The van der Waals surface area contributed by atoms with Gasteiger partial charge in [-0.3, -0.25) is 4.90 Å². The predicted molar refractivity (Wildman–Crippen MR) is 705 cm³/mol. The molecule has 0 amide bonds. The Morgan fingerprint density at radius 3 is 0.369 bits per heavy atom. The van der Waals surface area contributed by atoms with Crippen LogP contribution in [0.25, 0.3) is 0 Å². The molecule has 0 aliphatic carbocycles. The van der Waals surface area contributed by atoms with Crippen LogP contribution in [0, 0.1) is 204 Å². The summed E-state index contributed by atoms with van der Waals surface area (Å²) < 4.78 is 0. The van der Waals surface area contributed by atoms with Crippen LogP contribution < -0.4 is 0 Å². The van der Waals surface area contributed by atoms with Gasteiger partial charge in [-0.25, -0.2) is 0 Å². The van der Waals surface area contributed by atoms with E-state index < -0.39 is 0 Å². The zero-order valence-corrected chi connectivity index (χ0v) is 125. The van der Waals surface area contributed by atoms with E-state index >= 15 is 0 Å². The standard InChI is InChI=1S/2C17H36.C16H34.3C15H32.2C14H30.C13H28.C12H27N/c1-13(2,3)17(14(4,5)6,15(7,8)9)16(10,11)12;1-15(2,3)13-11-10-12-14(16(4,5)6)17(7,8)9;1-14(2,3)12-10-11-13(15(4,5)6)16(7,8)9;2*1-13(2,3)10-12(15(7,8)9)11-14(4,5)6;1-13(2,3)11-10-12(14(4,5)6)15(7,8)9;2*1-12(2,3)10-11(13(4,5)6)14(7,8)9;1-11(2,3)10(12(4,5)6)13(7,8)9;1-10(2,3)13(11(4,5)6)12(7,8)9/h1-12H3;14H,10-13H2,1-9H3;13H,10-12H2,1-9H3;3*12H,10-11H2,1-9H3;2*11H,10H2,1-9H3;10H,1-9H3;1-9H3. The third kappa shape index (κ3) is 82.9. The molecule has 0 unspecified atom stereocenters. The van der Waals surface area contributed by atoms with Gasteiger partial charge in [0.1, 0.15) is 0 Å². The van der Waals surface area contributed by atoms with Gasteiger partial charge in [-0.2, -0.15) is 0 Å². The van der Waals surface area contributed by atoms with E-state index in [1.807, 2.05) is 0 Å². The van der Waals surface area contributed by atoms with Crippen molar-refractivity contribution in [3.8, 4) is 0 Å². The van der Waals surface area contributed by atoms with Gasteiger partial charge in [0.25, 0.3) is 0 Å². The van der Waals surface area contributed by atoms with E-state index in [1.165, 1.54) is 96.3 Å². The molecule has 0 N–H and O–H groups in total. The molecule has 0 bridgehead atoms. The van der Waals surface area contributed by atoms with Crippen molar-refractivity contribution in [2.75, 3.05) is 0 Å². The summed E-state index contributed by atoms with van der Waals surface area (Å²) in [5.74, 6) is 6.33. The summed E-state index contributed by atoms with van der Waals surface area (Å²) in [6, 6.07) is 0. The first kappa shape index (κ1) is 169. The molecule has 0 saturated heterocycles. The second kappa shape index (κ2) is 58.4. The van der Waals surface area contributed by atoms with Crippen LogP contribution in [0.1, 0.15) is 740 Å². The SMILES string of the molecule is CC(C)(C)C(C(C)(C)C)(C(C)(C)C)C(C)(C)C.CC(C)(C)C(C(C)(C)C)C(C)(C)C.CC(C)(C)CC(C(C)(C)C)C(C)(C)C.CC(C)(C)CC(C(C)(C)C)C(C)(C)C.CC(C)(C)CC(CC(C)(C)C)C(C)(C)C.CC(C)(C)CC(CC(C)(C)C)C(C)(C)C.CC(C)(C)CCC(C(C)(C)C)C(C)(C)C.CC(C)(C)CCCC(C(C)(C)C)C(C)(C)C.CC(C)(C)CCCCC(C(C)(C)C)C(C)(C)C.CC(C)(C)N(C(C)(C)C)C(C)(C)C. The van der Waals surface area contributed by atoms with Gasteiger partial charge in [-0.15, -0.1) is 0 Å². The zero-order chi connectivity index (χ0) is 125. The molecular weight excluding hydrogens is 1790 g/mol. The molecule has 0 spiro atoms. The first-order valence-electron chi connectivity index (χ1n) is 62.4. The van der Waals surface area contributed by atoms with E-state index in [2.05, 4.69) is 649 Å². The lowest BCUT2D eigenvalue weighted by molar-refractivity contribution is -0.196. The Balaban J connectivity index is -0.000000180. The monoisotopic (exact) mass is 2110 g/mol. The number of unbranched alkanes of at least 4 members (excludes halogenated alkanes) is 1. The molecule has 0 aromatic carbocycles. The molecule has 0 heterocycles. The lowest BCUT2D eigenvalue weighted by Gasteiger charge is -2.67. The zero-order valence-electron chi connectivity index (χ0n) is 125. The van der Waals surface area contributed by atoms with Crippen LogP contribution >= 0.6 is 0 Å². The highest BCUT2D eigenvalue weighted by Crippen LogP contribution is 2.70. The van der Waals surface area contributed by atoms with Crippen molar-refractivity contribution in [3.05, 3.63) is 0 Å². The summed E-state index contributed by atoms with van der Waals surface area (Å²) in [7, 11) is 0. The lowest BCUT2D eigenvalue weighted by atomic mass is 9.37. The normalized spacial score (nSPS) is 15.0. The van der Waals surface area contributed by atoms with Gasteiger partial charge in [-0.05, 0) is 344 Å². The Morgan fingerprint density at radius 1 is 0.128 bits per heavy atom. The minimum Gasteiger partial charge on any atom is -0.289 e. The van der Waals surface area contributed by atoms with Crippen LogP contribution in [0.3, 0.4) is 0 Å². The fraction of sp³-hybridized carbons (Fsp3) is 1.00. The molecule has 914 valence electrons. The Kier molecular flexibility index (Phi) is 66.2. The maximum atomic E-state index is 2.56. The number of hydrogen-bond donors (Lipinski definition) is 0. The van der Waals surface area contributed by atoms with Gasteiger partial charge in [0.05, 0.1) is 0 Å². The smallest absolute Gasteiger partial charge is 0.0135 e. The predicted octanol–water partition coefficient (Wildman–Crippen LogP) is 53.6. The Bertz CT molecular complexity index is 3030. The van der Waals surface area contributed by atoms with Crippen LogP contribution in [-0.4, -0.2) is 21.5 Å². The van der Waals surface area contributed by atoms with E-state index in [0.717, 1.165) is 47.3 Å². The molecule has 0 aliphatic heterocycles. The molecule has 0 aliphatic rings. The maximum Gasteiger partial charge on any atom is 0.0135 e. The molecule has 0 atom stereocenters. The minimum atomic E-state index is 0.219. The molecule has 0 aromatic rings. The summed E-state index contributed by atoms with van der Waals surface area (Å²) in [5, 5.41) is 0. The Labute approximate surface area is 959 Å². The van der Waals surface area contributed by atoms with E-state index in [-0.39, 0.29) is 43.7 Å². The molecule has 149 heavy (non-hydrogen) atoms. The largest absolute Gasteiger partial charge is 0.289 e. The third-order valence-corrected chi connectivity index (χ3v) is 31.4. The van der Waals surface area contributed by atoms with Crippen molar-refractivity contribution >= 4 is 0 Å². The lowest BCUT2D eigenvalue weighted by Crippen LogP contribution is -2.61. The number of rotatable bonds is 15.